The summed E-state index contributed by atoms with van der Waals surface area (Å²) in [5.41, 5.74) is 18.1. The number of rotatable bonds is 23. The zero-order valence-electron chi connectivity index (χ0n) is 22.7. The SMILES string of the molecule is CCCCCCCCCO[C@@H]1[C@@H](N)[C@@H](OC[C@H](O)CN)O[C@H](CN)[C@H]1OCCCCCCCCC. The molecule has 1 rings (SSSR count). The lowest BCUT2D eigenvalue weighted by Crippen LogP contribution is -2.65. The van der Waals surface area contributed by atoms with Crippen molar-refractivity contribution in [3.05, 3.63) is 0 Å². The minimum Gasteiger partial charge on any atom is -0.389 e. The number of aliphatic hydroxyl groups excluding tert-OH is 1. The molecule has 0 unspecified atom stereocenters. The Morgan fingerprint density at radius 1 is 0.714 bits per heavy atom. The molecule has 1 heterocycles. The smallest absolute Gasteiger partial charge is 0.175 e. The van der Waals surface area contributed by atoms with Gasteiger partial charge < -0.3 is 41.3 Å². The quantitative estimate of drug-likeness (QED) is 0.155. The monoisotopic (exact) mass is 503 g/mol. The Hall–Kier alpha value is -0.320. The number of aliphatic hydroxyl groups is 1. The van der Waals surface area contributed by atoms with Crippen LogP contribution in [-0.2, 0) is 18.9 Å². The third-order valence-corrected chi connectivity index (χ3v) is 6.77. The van der Waals surface area contributed by atoms with Crippen LogP contribution < -0.4 is 17.2 Å². The Morgan fingerprint density at radius 3 is 1.69 bits per heavy atom. The maximum Gasteiger partial charge on any atom is 0.175 e. The van der Waals surface area contributed by atoms with E-state index in [0.29, 0.717) is 13.2 Å². The van der Waals surface area contributed by atoms with E-state index in [0.717, 1.165) is 25.7 Å². The molecule has 0 aliphatic carbocycles. The number of ether oxygens (including phenoxy) is 4. The second kappa shape index (κ2) is 21.7. The van der Waals surface area contributed by atoms with Gasteiger partial charge in [-0.2, -0.15) is 0 Å². The van der Waals surface area contributed by atoms with Crippen molar-refractivity contribution in [3.8, 4) is 0 Å². The molecule has 7 N–H and O–H groups in total. The van der Waals surface area contributed by atoms with E-state index in [4.69, 9.17) is 36.1 Å². The topological polar surface area (TPSA) is 135 Å². The summed E-state index contributed by atoms with van der Waals surface area (Å²) in [5.74, 6) is 0. The normalized spacial score (nSPS) is 25.7. The van der Waals surface area contributed by atoms with Crippen LogP contribution >= 0.6 is 0 Å². The Kier molecular flexibility index (Phi) is 20.3. The van der Waals surface area contributed by atoms with Gasteiger partial charge in [-0.3, -0.25) is 0 Å². The van der Waals surface area contributed by atoms with Gasteiger partial charge in [0.25, 0.3) is 0 Å². The molecule has 1 fully saturated rings. The molecule has 0 saturated carbocycles. The van der Waals surface area contributed by atoms with Gasteiger partial charge in [0.15, 0.2) is 6.29 Å². The fourth-order valence-corrected chi connectivity index (χ4v) is 4.51. The standard InChI is InChI=1S/C27H57N3O5/c1-3-5-7-9-11-13-15-17-32-25-23(20-29)35-27(34-21-22(31)19-28)24(30)26(25)33-18-16-14-12-10-8-6-4-2/h22-27,31H,3-21,28-30H2,1-2H3/t22-,23-,24-,25-,26-,27+/m1/s1. The van der Waals surface area contributed by atoms with Gasteiger partial charge >= 0.3 is 0 Å². The van der Waals surface area contributed by atoms with E-state index in [1.807, 2.05) is 0 Å². The summed E-state index contributed by atoms with van der Waals surface area (Å²) < 4.78 is 24.4. The van der Waals surface area contributed by atoms with Gasteiger partial charge in [-0.25, -0.2) is 0 Å². The summed E-state index contributed by atoms with van der Waals surface area (Å²) in [4.78, 5) is 0. The highest BCUT2D eigenvalue weighted by molar-refractivity contribution is 4.94. The highest BCUT2D eigenvalue weighted by atomic mass is 16.7. The summed E-state index contributed by atoms with van der Waals surface area (Å²) in [7, 11) is 0. The molecule has 0 amide bonds. The van der Waals surface area contributed by atoms with Crippen molar-refractivity contribution < 1.29 is 24.1 Å². The molecule has 0 radical (unpaired) electrons. The molecular weight excluding hydrogens is 446 g/mol. The van der Waals surface area contributed by atoms with Crippen LogP contribution in [0.15, 0.2) is 0 Å². The van der Waals surface area contributed by atoms with Gasteiger partial charge in [0.2, 0.25) is 0 Å². The van der Waals surface area contributed by atoms with Gasteiger partial charge in [0, 0.05) is 26.3 Å². The van der Waals surface area contributed by atoms with Gasteiger partial charge in [-0.15, -0.1) is 0 Å². The van der Waals surface area contributed by atoms with Crippen LogP contribution in [0.1, 0.15) is 104 Å². The molecule has 0 aromatic heterocycles. The average Bonchev–Trinajstić information content (AvgIpc) is 2.87. The average molecular weight is 504 g/mol. The van der Waals surface area contributed by atoms with Crippen molar-refractivity contribution in [2.75, 3.05) is 32.9 Å². The molecule has 35 heavy (non-hydrogen) atoms. The van der Waals surface area contributed by atoms with Crippen LogP contribution in [0, 0.1) is 0 Å². The van der Waals surface area contributed by atoms with Gasteiger partial charge in [0.05, 0.1) is 18.8 Å². The van der Waals surface area contributed by atoms with E-state index in [1.165, 1.54) is 64.2 Å². The summed E-state index contributed by atoms with van der Waals surface area (Å²) in [5, 5.41) is 9.80. The molecule has 8 heteroatoms. The van der Waals surface area contributed by atoms with Crippen LogP contribution in [0.5, 0.6) is 0 Å². The van der Waals surface area contributed by atoms with Crippen LogP contribution in [0.4, 0.5) is 0 Å². The highest BCUT2D eigenvalue weighted by Crippen LogP contribution is 2.26. The number of hydrogen-bond donors (Lipinski definition) is 4. The first-order chi connectivity index (χ1) is 17.1. The third-order valence-electron chi connectivity index (χ3n) is 6.77. The molecule has 8 nitrogen and oxygen atoms in total. The summed E-state index contributed by atoms with van der Waals surface area (Å²) in [6.45, 7) is 6.19. The molecule has 1 aliphatic rings. The van der Waals surface area contributed by atoms with Crippen molar-refractivity contribution >= 4 is 0 Å². The van der Waals surface area contributed by atoms with Crippen LogP contribution in [0.3, 0.4) is 0 Å². The second-order valence-electron chi connectivity index (χ2n) is 9.99. The van der Waals surface area contributed by atoms with Gasteiger partial charge in [-0.05, 0) is 12.8 Å². The number of unbranched alkanes of at least 4 members (excludes halogenated alkanes) is 12. The van der Waals surface area contributed by atoms with Crippen molar-refractivity contribution in [1.29, 1.82) is 0 Å². The second-order valence-corrected chi connectivity index (χ2v) is 9.99. The summed E-state index contributed by atoms with van der Waals surface area (Å²) in [6, 6.07) is -0.536. The molecule has 0 bridgehead atoms. The first-order valence-corrected chi connectivity index (χ1v) is 14.4. The zero-order valence-corrected chi connectivity index (χ0v) is 22.7. The molecule has 210 valence electrons. The molecule has 1 aliphatic heterocycles. The van der Waals surface area contributed by atoms with Crippen molar-refractivity contribution in [3.63, 3.8) is 0 Å². The van der Waals surface area contributed by atoms with Crippen LogP contribution in [0.25, 0.3) is 0 Å². The number of nitrogens with two attached hydrogens (primary N) is 3. The Balaban J connectivity index is 2.58. The minimum atomic E-state index is -0.763. The van der Waals surface area contributed by atoms with E-state index >= 15 is 0 Å². The predicted molar refractivity (Wildman–Crippen MR) is 142 cm³/mol. The highest BCUT2D eigenvalue weighted by Gasteiger charge is 2.46. The fraction of sp³-hybridized carbons (Fsp3) is 1.00. The van der Waals surface area contributed by atoms with E-state index in [1.54, 1.807) is 0 Å². The van der Waals surface area contributed by atoms with Gasteiger partial charge in [0.1, 0.15) is 18.3 Å². The minimum absolute atomic E-state index is 0.0557. The predicted octanol–water partition coefficient (Wildman–Crippen LogP) is 3.61. The fourth-order valence-electron chi connectivity index (χ4n) is 4.51. The lowest BCUT2D eigenvalue weighted by Gasteiger charge is -2.44. The maximum absolute atomic E-state index is 9.80. The Labute approximate surface area is 214 Å². The van der Waals surface area contributed by atoms with E-state index < -0.39 is 18.4 Å². The van der Waals surface area contributed by atoms with Crippen LogP contribution in [0.2, 0.25) is 0 Å². The van der Waals surface area contributed by atoms with E-state index in [9.17, 15) is 5.11 Å². The largest absolute Gasteiger partial charge is 0.389 e. The maximum atomic E-state index is 9.80. The third kappa shape index (κ3) is 14.3. The van der Waals surface area contributed by atoms with E-state index in [2.05, 4.69) is 13.8 Å². The summed E-state index contributed by atoms with van der Waals surface area (Å²) in [6.07, 6.45) is 14.5. The lowest BCUT2D eigenvalue weighted by molar-refractivity contribution is -0.276. The Bertz CT molecular complexity index is 474. The first kappa shape index (κ1) is 32.7. The van der Waals surface area contributed by atoms with Crippen molar-refractivity contribution in [2.45, 2.75) is 140 Å². The van der Waals surface area contributed by atoms with Crippen LogP contribution in [-0.4, -0.2) is 74.8 Å². The first-order valence-electron chi connectivity index (χ1n) is 14.4. The summed E-state index contributed by atoms with van der Waals surface area (Å²) >= 11 is 0. The van der Waals surface area contributed by atoms with E-state index in [-0.39, 0.29) is 38.0 Å². The molecule has 0 aromatic rings. The molecular formula is C27H57N3O5. The molecule has 6 atom stereocenters. The van der Waals surface area contributed by atoms with Crippen molar-refractivity contribution in [2.24, 2.45) is 17.2 Å². The molecule has 0 spiro atoms. The lowest BCUT2D eigenvalue weighted by atomic mass is 9.96. The Morgan fingerprint density at radius 2 is 1.20 bits per heavy atom. The zero-order chi connectivity index (χ0) is 25.7. The molecule has 0 aromatic carbocycles. The van der Waals surface area contributed by atoms with Gasteiger partial charge in [-0.1, -0.05) is 90.9 Å². The molecule has 1 saturated heterocycles. The number of hydrogen-bond acceptors (Lipinski definition) is 8. The van der Waals surface area contributed by atoms with Crippen molar-refractivity contribution in [1.82, 2.24) is 0 Å².